The highest BCUT2D eigenvalue weighted by Crippen LogP contribution is 2.29. The second-order valence-electron chi connectivity index (χ2n) is 6.23. The maximum atomic E-state index is 5.48. The first kappa shape index (κ1) is 15.7. The van der Waals surface area contributed by atoms with Gasteiger partial charge in [-0.05, 0) is 44.4 Å². The van der Waals surface area contributed by atoms with E-state index in [-0.39, 0.29) is 0 Å². The summed E-state index contributed by atoms with van der Waals surface area (Å²) < 4.78 is 5.48. The number of rotatable bonds is 5. The van der Waals surface area contributed by atoms with E-state index in [1.807, 2.05) is 6.07 Å². The molecule has 23 heavy (non-hydrogen) atoms. The van der Waals surface area contributed by atoms with Crippen molar-refractivity contribution in [1.82, 2.24) is 0 Å². The van der Waals surface area contributed by atoms with Gasteiger partial charge in [0.15, 0.2) is 0 Å². The Morgan fingerprint density at radius 2 is 1.83 bits per heavy atom. The van der Waals surface area contributed by atoms with Gasteiger partial charge in [0.05, 0.1) is 18.5 Å². The fourth-order valence-corrected chi connectivity index (χ4v) is 3.27. The molecule has 0 saturated carbocycles. The monoisotopic (exact) mass is 310 g/mol. The Hall–Kier alpha value is -2.16. The lowest BCUT2D eigenvalue weighted by atomic mass is 10.1. The maximum Gasteiger partial charge on any atom is 0.123 e. The summed E-state index contributed by atoms with van der Waals surface area (Å²) in [5, 5.41) is 3.61. The van der Waals surface area contributed by atoms with E-state index in [9.17, 15) is 0 Å². The Kier molecular flexibility index (Phi) is 5.06. The minimum Gasteiger partial charge on any atom is -0.496 e. The van der Waals surface area contributed by atoms with E-state index >= 15 is 0 Å². The molecule has 0 amide bonds. The van der Waals surface area contributed by atoms with Gasteiger partial charge in [0.25, 0.3) is 0 Å². The molecule has 3 nitrogen and oxygen atoms in total. The number of hydrogen-bond acceptors (Lipinski definition) is 3. The predicted molar refractivity (Wildman–Crippen MR) is 97.6 cm³/mol. The Balaban J connectivity index is 1.77. The van der Waals surface area contributed by atoms with Gasteiger partial charge in [0.2, 0.25) is 0 Å². The lowest BCUT2D eigenvalue weighted by molar-refractivity contribution is 0.410. The highest BCUT2D eigenvalue weighted by molar-refractivity contribution is 5.70. The Morgan fingerprint density at radius 1 is 1.04 bits per heavy atom. The number of nitrogens with one attached hydrogen (secondary N) is 1. The van der Waals surface area contributed by atoms with Gasteiger partial charge in [-0.25, -0.2) is 0 Å². The number of benzene rings is 2. The largest absolute Gasteiger partial charge is 0.496 e. The number of hydrogen-bond donors (Lipinski definition) is 1. The van der Waals surface area contributed by atoms with E-state index in [2.05, 4.69) is 53.5 Å². The molecule has 1 fully saturated rings. The highest BCUT2D eigenvalue weighted by Gasteiger charge is 2.14. The number of para-hydroxylation sites is 2. The summed E-state index contributed by atoms with van der Waals surface area (Å²) in [6.45, 7) is 5.21. The predicted octanol–water partition coefficient (Wildman–Crippen LogP) is 4.61. The Labute approximate surface area is 139 Å². The number of nitrogens with zero attached hydrogens (tertiary/aromatic N) is 1. The second-order valence-corrected chi connectivity index (χ2v) is 6.23. The first-order chi connectivity index (χ1) is 11.3. The van der Waals surface area contributed by atoms with E-state index < -0.39 is 0 Å². The minimum atomic E-state index is 0.774. The SMILES string of the molecule is COc1ccc(C)cc1CNc1ccccc1N1CCCCC1. The number of aryl methyl sites for hydroxylation is 1. The minimum absolute atomic E-state index is 0.774. The van der Waals surface area contributed by atoms with Crippen LogP contribution < -0.4 is 15.0 Å². The van der Waals surface area contributed by atoms with Gasteiger partial charge in [-0.15, -0.1) is 0 Å². The quantitative estimate of drug-likeness (QED) is 0.873. The zero-order valence-electron chi connectivity index (χ0n) is 14.1. The van der Waals surface area contributed by atoms with Crippen LogP contribution in [0.25, 0.3) is 0 Å². The van der Waals surface area contributed by atoms with Gasteiger partial charge in [-0.3, -0.25) is 0 Å². The van der Waals surface area contributed by atoms with Crippen LogP contribution in [0.5, 0.6) is 5.75 Å². The molecule has 0 aromatic heterocycles. The molecule has 0 radical (unpaired) electrons. The molecule has 1 heterocycles. The maximum absolute atomic E-state index is 5.48. The average molecular weight is 310 g/mol. The van der Waals surface area contributed by atoms with Crippen molar-refractivity contribution >= 4 is 11.4 Å². The zero-order chi connectivity index (χ0) is 16.1. The molecule has 0 aliphatic carbocycles. The van der Waals surface area contributed by atoms with Crippen LogP contribution >= 0.6 is 0 Å². The van der Waals surface area contributed by atoms with Crippen LogP contribution in [0.15, 0.2) is 42.5 Å². The van der Waals surface area contributed by atoms with Gasteiger partial charge < -0.3 is 15.0 Å². The summed E-state index contributed by atoms with van der Waals surface area (Å²) in [7, 11) is 1.73. The van der Waals surface area contributed by atoms with Crippen molar-refractivity contribution in [2.24, 2.45) is 0 Å². The Morgan fingerprint density at radius 3 is 2.61 bits per heavy atom. The molecule has 3 heteroatoms. The lowest BCUT2D eigenvalue weighted by Crippen LogP contribution is -2.30. The number of methoxy groups -OCH3 is 1. The summed E-state index contributed by atoms with van der Waals surface area (Å²) in [6.07, 6.45) is 3.94. The molecular weight excluding hydrogens is 284 g/mol. The first-order valence-corrected chi connectivity index (χ1v) is 8.49. The summed E-state index contributed by atoms with van der Waals surface area (Å²) in [5.74, 6) is 0.943. The molecule has 0 spiro atoms. The molecule has 122 valence electrons. The second kappa shape index (κ2) is 7.40. The molecule has 3 rings (SSSR count). The van der Waals surface area contributed by atoms with Gasteiger partial charge in [-0.2, -0.15) is 0 Å². The summed E-state index contributed by atoms with van der Waals surface area (Å²) in [5.41, 5.74) is 4.98. The van der Waals surface area contributed by atoms with Crippen LogP contribution in [0.3, 0.4) is 0 Å². The van der Waals surface area contributed by atoms with Gasteiger partial charge in [-0.1, -0.05) is 29.8 Å². The first-order valence-electron chi connectivity index (χ1n) is 8.49. The Bertz CT molecular complexity index is 648. The van der Waals surface area contributed by atoms with E-state index in [1.165, 1.54) is 41.8 Å². The topological polar surface area (TPSA) is 24.5 Å². The van der Waals surface area contributed by atoms with E-state index in [0.717, 1.165) is 25.4 Å². The van der Waals surface area contributed by atoms with Crippen LogP contribution in [-0.2, 0) is 6.54 Å². The van der Waals surface area contributed by atoms with Gasteiger partial charge in [0.1, 0.15) is 5.75 Å². The number of ether oxygens (including phenoxy) is 1. The third kappa shape index (κ3) is 3.79. The molecule has 0 atom stereocenters. The molecule has 2 aromatic rings. The molecule has 1 N–H and O–H groups in total. The van der Waals surface area contributed by atoms with Crippen molar-refractivity contribution in [1.29, 1.82) is 0 Å². The van der Waals surface area contributed by atoms with Gasteiger partial charge >= 0.3 is 0 Å². The highest BCUT2D eigenvalue weighted by atomic mass is 16.5. The van der Waals surface area contributed by atoms with Crippen LogP contribution in [0.1, 0.15) is 30.4 Å². The molecule has 0 unspecified atom stereocenters. The van der Waals surface area contributed by atoms with Crippen molar-refractivity contribution in [3.8, 4) is 5.75 Å². The van der Waals surface area contributed by atoms with Crippen molar-refractivity contribution in [2.75, 3.05) is 30.4 Å². The average Bonchev–Trinajstić information content (AvgIpc) is 2.61. The number of piperidine rings is 1. The van der Waals surface area contributed by atoms with Crippen molar-refractivity contribution in [3.63, 3.8) is 0 Å². The smallest absolute Gasteiger partial charge is 0.123 e. The van der Waals surface area contributed by atoms with Crippen molar-refractivity contribution in [2.45, 2.75) is 32.7 Å². The fourth-order valence-electron chi connectivity index (χ4n) is 3.27. The zero-order valence-corrected chi connectivity index (χ0v) is 14.1. The van der Waals surface area contributed by atoms with Crippen LogP contribution in [0.4, 0.5) is 11.4 Å². The standard InChI is InChI=1S/C20H26N2O/c1-16-10-11-20(23-2)17(14-16)15-21-18-8-4-5-9-19(18)22-12-6-3-7-13-22/h4-5,8-11,14,21H,3,6-7,12-13,15H2,1-2H3. The molecule has 1 aliphatic heterocycles. The molecule has 2 aromatic carbocycles. The number of anilines is 2. The normalized spacial score (nSPS) is 14.6. The van der Waals surface area contributed by atoms with Crippen molar-refractivity contribution < 1.29 is 4.74 Å². The van der Waals surface area contributed by atoms with E-state index in [4.69, 9.17) is 4.74 Å². The fraction of sp³-hybridized carbons (Fsp3) is 0.400. The van der Waals surface area contributed by atoms with Crippen LogP contribution in [0.2, 0.25) is 0 Å². The molecule has 1 saturated heterocycles. The lowest BCUT2D eigenvalue weighted by Gasteiger charge is -2.30. The summed E-state index contributed by atoms with van der Waals surface area (Å²) in [6, 6.07) is 14.9. The molecule has 1 aliphatic rings. The summed E-state index contributed by atoms with van der Waals surface area (Å²) >= 11 is 0. The third-order valence-electron chi connectivity index (χ3n) is 4.51. The molecular formula is C20H26N2O. The summed E-state index contributed by atoms with van der Waals surface area (Å²) in [4.78, 5) is 2.50. The molecule has 0 bridgehead atoms. The van der Waals surface area contributed by atoms with Gasteiger partial charge in [0, 0.05) is 25.2 Å². The van der Waals surface area contributed by atoms with Crippen LogP contribution in [0, 0.1) is 6.92 Å². The van der Waals surface area contributed by atoms with Crippen LogP contribution in [-0.4, -0.2) is 20.2 Å². The van der Waals surface area contributed by atoms with Crippen molar-refractivity contribution in [3.05, 3.63) is 53.6 Å². The van der Waals surface area contributed by atoms with E-state index in [0.29, 0.717) is 0 Å². The third-order valence-corrected chi connectivity index (χ3v) is 4.51. The van der Waals surface area contributed by atoms with E-state index in [1.54, 1.807) is 7.11 Å².